The summed E-state index contributed by atoms with van der Waals surface area (Å²) in [4.78, 5) is 12.9. The summed E-state index contributed by atoms with van der Waals surface area (Å²) < 4.78 is 1.80. The van der Waals surface area contributed by atoms with Gasteiger partial charge in [-0.1, -0.05) is 61.0 Å². The maximum Gasteiger partial charge on any atom is 0.273 e. The molecular weight excluding hydrogens is 372 g/mol. The molecule has 0 atom stereocenters. The first-order valence-electron chi connectivity index (χ1n) is 9.51. The van der Waals surface area contributed by atoms with E-state index in [1.54, 1.807) is 4.68 Å². The predicted octanol–water partition coefficient (Wildman–Crippen LogP) is 4.51. The molecule has 144 valence electrons. The van der Waals surface area contributed by atoms with E-state index in [0.29, 0.717) is 23.2 Å². The molecular formula is C22H23ClN4O. The molecule has 0 unspecified atom stereocenters. The summed E-state index contributed by atoms with van der Waals surface area (Å²) in [5.74, 6) is 0.163. The van der Waals surface area contributed by atoms with Crippen LogP contribution in [0.25, 0.3) is 5.69 Å². The second-order valence-electron chi connectivity index (χ2n) is 7.92. The van der Waals surface area contributed by atoms with Crippen molar-refractivity contribution in [1.82, 2.24) is 20.3 Å². The minimum atomic E-state index is -0.254. The zero-order valence-corrected chi connectivity index (χ0v) is 16.8. The molecule has 5 nitrogen and oxygen atoms in total. The normalized spacial score (nSPS) is 14.1. The molecule has 0 saturated heterocycles. The highest BCUT2D eigenvalue weighted by atomic mass is 35.5. The van der Waals surface area contributed by atoms with Crippen molar-refractivity contribution in [1.29, 1.82) is 0 Å². The van der Waals surface area contributed by atoms with Gasteiger partial charge >= 0.3 is 0 Å². The van der Waals surface area contributed by atoms with E-state index in [4.69, 9.17) is 11.6 Å². The number of hydrogen-bond acceptors (Lipinski definition) is 3. The molecule has 1 aliphatic carbocycles. The van der Waals surface area contributed by atoms with Crippen LogP contribution in [0.2, 0.25) is 5.02 Å². The van der Waals surface area contributed by atoms with Crippen molar-refractivity contribution in [3.63, 3.8) is 0 Å². The number of nitrogens with one attached hydrogen (secondary N) is 1. The number of carbonyl (C=O) groups excluding carboxylic acids is 1. The molecule has 0 bridgehead atoms. The van der Waals surface area contributed by atoms with Gasteiger partial charge in [0.05, 0.1) is 11.4 Å². The molecule has 2 aromatic carbocycles. The van der Waals surface area contributed by atoms with Crippen LogP contribution in [0.4, 0.5) is 0 Å². The number of aromatic nitrogens is 3. The SMILES string of the molecule is CC(C)(CNC(=O)c1nnn(-c2ccccc2)c1C1CC1)c1cccc(Cl)c1. The molecule has 4 rings (SSSR count). The number of rotatable bonds is 6. The Bertz CT molecular complexity index is 993. The lowest BCUT2D eigenvalue weighted by Gasteiger charge is -2.25. The molecule has 0 spiro atoms. The summed E-state index contributed by atoms with van der Waals surface area (Å²) in [7, 11) is 0. The van der Waals surface area contributed by atoms with Gasteiger partial charge in [0.15, 0.2) is 5.69 Å². The van der Waals surface area contributed by atoms with E-state index in [2.05, 4.69) is 29.5 Å². The van der Waals surface area contributed by atoms with Crippen LogP contribution in [0, 0.1) is 0 Å². The Morgan fingerprint density at radius 3 is 2.61 bits per heavy atom. The van der Waals surface area contributed by atoms with Gasteiger partial charge in [-0.15, -0.1) is 5.10 Å². The molecule has 1 saturated carbocycles. The molecule has 0 aliphatic heterocycles. The Balaban J connectivity index is 1.55. The van der Waals surface area contributed by atoms with Crippen LogP contribution in [-0.4, -0.2) is 27.4 Å². The van der Waals surface area contributed by atoms with Gasteiger partial charge in [-0.25, -0.2) is 4.68 Å². The standard InChI is InChI=1S/C22H23ClN4O/c1-22(2,16-7-6-8-17(23)13-16)14-24-21(28)19-20(15-11-12-15)27(26-25-19)18-9-4-3-5-10-18/h3-10,13,15H,11-12,14H2,1-2H3,(H,24,28). The van der Waals surface area contributed by atoms with Crippen LogP contribution in [0.3, 0.4) is 0 Å². The Kier molecular flexibility index (Phi) is 4.94. The third kappa shape index (κ3) is 3.80. The van der Waals surface area contributed by atoms with Gasteiger partial charge in [0.2, 0.25) is 0 Å². The Hall–Kier alpha value is -2.66. The first kappa shape index (κ1) is 18.7. The number of para-hydroxylation sites is 1. The van der Waals surface area contributed by atoms with Crippen molar-refractivity contribution in [2.45, 2.75) is 38.0 Å². The Morgan fingerprint density at radius 1 is 1.18 bits per heavy atom. The summed E-state index contributed by atoms with van der Waals surface area (Å²) >= 11 is 6.12. The Labute approximate surface area is 169 Å². The summed E-state index contributed by atoms with van der Waals surface area (Å²) in [6.07, 6.45) is 2.13. The maximum atomic E-state index is 12.9. The van der Waals surface area contributed by atoms with Gasteiger partial charge in [0.1, 0.15) is 0 Å². The first-order valence-corrected chi connectivity index (χ1v) is 9.89. The second kappa shape index (κ2) is 7.40. The highest BCUT2D eigenvalue weighted by Gasteiger charge is 2.34. The highest BCUT2D eigenvalue weighted by Crippen LogP contribution is 2.42. The molecule has 1 aromatic heterocycles. The zero-order chi connectivity index (χ0) is 19.7. The fraction of sp³-hybridized carbons (Fsp3) is 0.318. The van der Waals surface area contributed by atoms with Crippen molar-refractivity contribution < 1.29 is 4.79 Å². The third-order valence-electron chi connectivity index (χ3n) is 5.18. The van der Waals surface area contributed by atoms with Gasteiger partial charge < -0.3 is 5.32 Å². The fourth-order valence-electron chi connectivity index (χ4n) is 3.33. The highest BCUT2D eigenvalue weighted by molar-refractivity contribution is 6.30. The molecule has 1 fully saturated rings. The summed E-state index contributed by atoms with van der Waals surface area (Å²) in [5, 5.41) is 12.2. The van der Waals surface area contributed by atoms with E-state index in [0.717, 1.165) is 29.8 Å². The van der Waals surface area contributed by atoms with Crippen LogP contribution >= 0.6 is 11.6 Å². The number of benzene rings is 2. The van der Waals surface area contributed by atoms with Gasteiger partial charge in [0, 0.05) is 22.9 Å². The lowest BCUT2D eigenvalue weighted by atomic mass is 9.84. The Morgan fingerprint density at radius 2 is 1.93 bits per heavy atom. The van der Waals surface area contributed by atoms with E-state index in [1.165, 1.54) is 0 Å². The average molecular weight is 395 g/mol. The van der Waals surface area contributed by atoms with E-state index in [9.17, 15) is 4.79 Å². The second-order valence-corrected chi connectivity index (χ2v) is 8.36. The van der Waals surface area contributed by atoms with Gasteiger partial charge in [-0.2, -0.15) is 0 Å². The predicted molar refractivity (Wildman–Crippen MR) is 110 cm³/mol. The van der Waals surface area contributed by atoms with Crippen LogP contribution in [0.5, 0.6) is 0 Å². The molecule has 1 amide bonds. The zero-order valence-electron chi connectivity index (χ0n) is 16.0. The smallest absolute Gasteiger partial charge is 0.273 e. The van der Waals surface area contributed by atoms with Crippen LogP contribution in [-0.2, 0) is 5.41 Å². The van der Waals surface area contributed by atoms with Crippen molar-refractivity contribution in [2.75, 3.05) is 6.54 Å². The quantitative estimate of drug-likeness (QED) is 0.669. The monoisotopic (exact) mass is 394 g/mol. The molecule has 0 radical (unpaired) electrons. The fourth-order valence-corrected chi connectivity index (χ4v) is 3.52. The van der Waals surface area contributed by atoms with E-state index >= 15 is 0 Å². The van der Waals surface area contributed by atoms with Crippen molar-refractivity contribution >= 4 is 17.5 Å². The first-order chi connectivity index (χ1) is 13.5. The maximum absolute atomic E-state index is 12.9. The van der Waals surface area contributed by atoms with Gasteiger partial charge in [-0.05, 0) is 42.7 Å². The molecule has 1 N–H and O–H groups in total. The minimum Gasteiger partial charge on any atom is -0.350 e. The number of hydrogen-bond donors (Lipinski definition) is 1. The molecule has 1 heterocycles. The minimum absolute atomic E-state index is 0.181. The van der Waals surface area contributed by atoms with Crippen LogP contribution in [0.15, 0.2) is 54.6 Å². The summed E-state index contributed by atoms with van der Waals surface area (Å²) in [5.41, 5.74) is 3.08. The van der Waals surface area contributed by atoms with E-state index < -0.39 is 0 Å². The summed E-state index contributed by atoms with van der Waals surface area (Å²) in [6, 6.07) is 17.6. The summed E-state index contributed by atoms with van der Waals surface area (Å²) in [6.45, 7) is 4.65. The topological polar surface area (TPSA) is 59.8 Å². The molecule has 1 aliphatic rings. The molecule has 28 heavy (non-hydrogen) atoms. The third-order valence-corrected chi connectivity index (χ3v) is 5.42. The number of carbonyl (C=O) groups is 1. The van der Waals surface area contributed by atoms with Crippen LogP contribution in [0.1, 0.15) is 54.4 Å². The van der Waals surface area contributed by atoms with E-state index in [-0.39, 0.29) is 11.3 Å². The lowest BCUT2D eigenvalue weighted by molar-refractivity contribution is 0.0939. The van der Waals surface area contributed by atoms with Gasteiger partial charge in [0.25, 0.3) is 5.91 Å². The number of amides is 1. The number of halogens is 1. The number of nitrogens with zero attached hydrogens (tertiary/aromatic N) is 3. The molecule has 6 heteroatoms. The molecule has 3 aromatic rings. The van der Waals surface area contributed by atoms with Crippen LogP contribution < -0.4 is 5.32 Å². The van der Waals surface area contributed by atoms with Crippen molar-refractivity contribution in [2.24, 2.45) is 0 Å². The lowest BCUT2D eigenvalue weighted by Crippen LogP contribution is -2.37. The average Bonchev–Trinajstić information content (AvgIpc) is 3.44. The van der Waals surface area contributed by atoms with E-state index in [1.807, 2.05) is 54.6 Å². The van der Waals surface area contributed by atoms with Gasteiger partial charge in [-0.3, -0.25) is 4.79 Å². The largest absolute Gasteiger partial charge is 0.350 e. The van der Waals surface area contributed by atoms with Crippen molar-refractivity contribution in [3.8, 4) is 5.69 Å². The van der Waals surface area contributed by atoms with Crippen molar-refractivity contribution in [3.05, 3.63) is 76.6 Å².